The molecule has 0 bridgehead atoms. The van der Waals surface area contributed by atoms with E-state index in [0.29, 0.717) is 13.2 Å². The highest BCUT2D eigenvalue weighted by Gasteiger charge is 2.20. The summed E-state index contributed by atoms with van der Waals surface area (Å²) in [4.78, 5) is 11.4. The Bertz CT molecular complexity index is 152. The van der Waals surface area contributed by atoms with E-state index in [0.717, 1.165) is 11.5 Å². The maximum atomic E-state index is 11.4. The fraction of sp³-hybridized carbons (Fsp3) is 0.889. The highest BCUT2D eigenvalue weighted by Crippen LogP contribution is 2.22. The van der Waals surface area contributed by atoms with Gasteiger partial charge in [0, 0.05) is 16.9 Å². The minimum absolute atomic E-state index is 0.224. The molecule has 0 saturated heterocycles. The second-order valence-corrected chi connectivity index (χ2v) is 5.24. The Kier molecular flexibility index (Phi) is 6.91. The Balaban J connectivity index is 3.38. The van der Waals surface area contributed by atoms with Crippen LogP contribution < -0.4 is 0 Å². The number of thiol groups is 1. The predicted octanol–water partition coefficient (Wildman–Crippen LogP) is 2.24. The van der Waals surface area contributed by atoms with E-state index in [1.54, 1.807) is 0 Å². The van der Waals surface area contributed by atoms with Crippen molar-refractivity contribution in [2.75, 3.05) is 24.7 Å². The molecule has 0 amide bonds. The van der Waals surface area contributed by atoms with Crippen LogP contribution in [0, 0.1) is 5.41 Å². The maximum Gasteiger partial charge on any atom is 0.194 e. The van der Waals surface area contributed by atoms with Crippen LogP contribution in [0.1, 0.15) is 20.8 Å². The van der Waals surface area contributed by atoms with Crippen LogP contribution in [-0.2, 0) is 9.53 Å². The van der Waals surface area contributed by atoms with Crippen molar-refractivity contribution in [3.8, 4) is 0 Å². The van der Waals surface area contributed by atoms with E-state index in [4.69, 9.17) is 4.74 Å². The van der Waals surface area contributed by atoms with Crippen LogP contribution in [0.4, 0.5) is 0 Å². The Morgan fingerprint density at radius 1 is 1.38 bits per heavy atom. The van der Waals surface area contributed by atoms with Gasteiger partial charge in [0.2, 0.25) is 0 Å². The van der Waals surface area contributed by atoms with E-state index in [2.05, 4.69) is 12.6 Å². The first kappa shape index (κ1) is 13.3. The third kappa shape index (κ3) is 7.40. The van der Waals surface area contributed by atoms with Crippen LogP contribution in [0.5, 0.6) is 0 Å². The lowest BCUT2D eigenvalue weighted by Gasteiger charge is -2.15. The SMILES string of the molecule is CC(C)(C)C(=O)SCCOCCS. The zero-order valence-corrected chi connectivity index (χ0v) is 10.2. The lowest BCUT2D eigenvalue weighted by molar-refractivity contribution is -0.117. The molecule has 0 heterocycles. The van der Waals surface area contributed by atoms with Gasteiger partial charge in [-0.3, -0.25) is 4.79 Å². The monoisotopic (exact) mass is 222 g/mol. The Labute approximate surface area is 90.2 Å². The molecule has 0 aliphatic rings. The fourth-order valence-corrected chi connectivity index (χ4v) is 1.53. The predicted molar refractivity (Wildman–Crippen MR) is 61.6 cm³/mol. The summed E-state index contributed by atoms with van der Waals surface area (Å²) in [6.45, 7) is 7.07. The van der Waals surface area contributed by atoms with E-state index in [1.807, 2.05) is 20.8 Å². The van der Waals surface area contributed by atoms with Crippen LogP contribution in [0.25, 0.3) is 0 Å². The zero-order valence-electron chi connectivity index (χ0n) is 8.50. The number of rotatable bonds is 5. The minimum Gasteiger partial charge on any atom is -0.380 e. The van der Waals surface area contributed by atoms with Gasteiger partial charge < -0.3 is 4.74 Å². The summed E-state index contributed by atoms with van der Waals surface area (Å²) in [5, 5.41) is 0.224. The normalized spacial score (nSPS) is 11.7. The molecule has 0 aromatic rings. The van der Waals surface area contributed by atoms with Gasteiger partial charge in [0.1, 0.15) is 0 Å². The average Bonchev–Trinajstić information content (AvgIpc) is 2.02. The van der Waals surface area contributed by atoms with Gasteiger partial charge in [0.15, 0.2) is 5.12 Å². The van der Waals surface area contributed by atoms with Gasteiger partial charge in [-0.1, -0.05) is 32.5 Å². The number of hydrogen-bond acceptors (Lipinski definition) is 4. The molecule has 0 aromatic heterocycles. The zero-order chi connectivity index (χ0) is 10.3. The van der Waals surface area contributed by atoms with Crippen molar-refractivity contribution in [2.24, 2.45) is 5.41 Å². The molecular formula is C9H18O2S2. The molecule has 0 N–H and O–H groups in total. The number of carbonyl (C=O) groups is 1. The van der Waals surface area contributed by atoms with E-state index in [9.17, 15) is 4.79 Å². The van der Waals surface area contributed by atoms with Crippen molar-refractivity contribution in [3.05, 3.63) is 0 Å². The molecule has 78 valence electrons. The molecule has 0 fully saturated rings. The summed E-state index contributed by atoms with van der Waals surface area (Å²) in [5.74, 6) is 1.47. The van der Waals surface area contributed by atoms with E-state index in [1.165, 1.54) is 11.8 Å². The number of thioether (sulfide) groups is 1. The molecule has 0 atom stereocenters. The van der Waals surface area contributed by atoms with Crippen molar-refractivity contribution in [1.29, 1.82) is 0 Å². The van der Waals surface area contributed by atoms with Crippen molar-refractivity contribution < 1.29 is 9.53 Å². The first-order valence-electron chi connectivity index (χ1n) is 4.34. The molecule has 0 aliphatic carbocycles. The van der Waals surface area contributed by atoms with Gasteiger partial charge in [0.25, 0.3) is 0 Å². The van der Waals surface area contributed by atoms with Crippen LogP contribution in [0.3, 0.4) is 0 Å². The number of carbonyl (C=O) groups excluding carboxylic acids is 1. The van der Waals surface area contributed by atoms with E-state index in [-0.39, 0.29) is 10.5 Å². The lowest BCUT2D eigenvalue weighted by atomic mass is 10.00. The van der Waals surface area contributed by atoms with Crippen molar-refractivity contribution in [3.63, 3.8) is 0 Å². The van der Waals surface area contributed by atoms with Crippen molar-refractivity contribution in [2.45, 2.75) is 20.8 Å². The molecule has 0 spiro atoms. The van der Waals surface area contributed by atoms with Gasteiger partial charge in [-0.15, -0.1) is 0 Å². The van der Waals surface area contributed by atoms with Gasteiger partial charge >= 0.3 is 0 Å². The summed E-state index contributed by atoms with van der Waals surface area (Å²) in [6, 6.07) is 0. The quantitative estimate of drug-likeness (QED) is 0.571. The molecular weight excluding hydrogens is 204 g/mol. The molecule has 0 aliphatic heterocycles. The summed E-state index contributed by atoms with van der Waals surface area (Å²) < 4.78 is 5.20. The van der Waals surface area contributed by atoms with Gasteiger partial charge in [0.05, 0.1) is 13.2 Å². The Morgan fingerprint density at radius 3 is 2.46 bits per heavy atom. The van der Waals surface area contributed by atoms with Gasteiger partial charge in [-0.05, 0) is 0 Å². The van der Waals surface area contributed by atoms with E-state index >= 15 is 0 Å². The van der Waals surface area contributed by atoms with Gasteiger partial charge in [-0.25, -0.2) is 0 Å². The number of hydrogen-bond donors (Lipinski definition) is 1. The fourth-order valence-electron chi connectivity index (χ4n) is 0.576. The highest BCUT2D eigenvalue weighted by molar-refractivity contribution is 8.13. The molecule has 0 radical (unpaired) electrons. The number of ether oxygens (including phenoxy) is 1. The van der Waals surface area contributed by atoms with Crippen molar-refractivity contribution >= 4 is 29.5 Å². The first-order valence-corrected chi connectivity index (χ1v) is 5.96. The molecule has 0 saturated carbocycles. The minimum atomic E-state index is -0.242. The molecule has 4 heteroatoms. The summed E-state index contributed by atoms with van der Waals surface area (Å²) in [5.41, 5.74) is -0.242. The van der Waals surface area contributed by atoms with Crippen molar-refractivity contribution in [1.82, 2.24) is 0 Å². The second kappa shape index (κ2) is 6.74. The molecule has 2 nitrogen and oxygen atoms in total. The highest BCUT2D eigenvalue weighted by atomic mass is 32.2. The topological polar surface area (TPSA) is 26.3 Å². The van der Waals surface area contributed by atoms with Crippen LogP contribution in [0.2, 0.25) is 0 Å². The third-order valence-corrected chi connectivity index (χ3v) is 2.74. The molecule has 13 heavy (non-hydrogen) atoms. The van der Waals surface area contributed by atoms with Crippen LogP contribution in [0.15, 0.2) is 0 Å². The standard InChI is InChI=1S/C9H18O2S2/c1-9(2,3)8(10)13-7-5-11-4-6-12/h12H,4-7H2,1-3H3. The van der Waals surface area contributed by atoms with Crippen LogP contribution in [-0.4, -0.2) is 29.8 Å². The second-order valence-electron chi connectivity index (χ2n) is 3.72. The first-order chi connectivity index (χ1) is 5.98. The summed E-state index contributed by atoms with van der Waals surface area (Å²) in [7, 11) is 0. The molecule has 0 aromatic carbocycles. The summed E-state index contributed by atoms with van der Waals surface area (Å²) >= 11 is 5.36. The lowest BCUT2D eigenvalue weighted by Crippen LogP contribution is -2.17. The molecule has 0 unspecified atom stereocenters. The third-order valence-electron chi connectivity index (χ3n) is 1.31. The van der Waals surface area contributed by atoms with Crippen LogP contribution >= 0.6 is 24.4 Å². The average molecular weight is 222 g/mol. The maximum absolute atomic E-state index is 11.4. The largest absolute Gasteiger partial charge is 0.380 e. The Morgan fingerprint density at radius 2 is 2.00 bits per heavy atom. The smallest absolute Gasteiger partial charge is 0.194 e. The Hall–Kier alpha value is 0.330. The molecule has 0 rings (SSSR count). The van der Waals surface area contributed by atoms with Gasteiger partial charge in [-0.2, -0.15) is 12.6 Å². The summed E-state index contributed by atoms with van der Waals surface area (Å²) in [6.07, 6.45) is 0. The van der Waals surface area contributed by atoms with E-state index < -0.39 is 0 Å².